The quantitative estimate of drug-likeness (QED) is 0.661. The highest BCUT2D eigenvalue weighted by Crippen LogP contribution is 2.37. The molecule has 2 heterocycles. The lowest BCUT2D eigenvalue weighted by Gasteiger charge is -2.43. The van der Waals surface area contributed by atoms with Crippen molar-refractivity contribution in [3.63, 3.8) is 0 Å². The fraction of sp³-hybridized carbons (Fsp3) is 0.619. The molecule has 32 heavy (non-hydrogen) atoms. The first kappa shape index (κ1) is 24.7. The van der Waals surface area contributed by atoms with Crippen molar-refractivity contribution in [3.05, 3.63) is 24.3 Å². The lowest BCUT2D eigenvalue weighted by Crippen LogP contribution is -2.63. The molecule has 1 unspecified atom stereocenters. The maximum absolute atomic E-state index is 13.0. The summed E-state index contributed by atoms with van der Waals surface area (Å²) in [5, 5.41) is 5.95. The highest BCUT2D eigenvalue weighted by molar-refractivity contribution is 8.00. The summed E-state index contributed by atoms with van der Waals surface area (Å²) in [6.45, 7) is 10.3. The minimum Gasteiger partial charge on any atom is -0.338 e. The van der Waals surface area contributed by atoms with Crippen molar-refractivity contribution in [2.75, 3.05) is 51.1 Å². The molecule has 0 aliphatic carbocycles. The average molecular weight is 474 g/mol. The molecule has 7 nitrogen and oxygen atoms in total. The first-order valence-electron chi connectivity index (χ1n) is 10.6. The molecule has 1 atom stereocenters. The van der Waals surface area contributed by atoms with Gasteiger partial charge in [0.25, 0.3) is 0 Å². The van der Waals surface area contributed by atoms with Gasteiger partial charge in [0.1, 0.15) is 0 Å². The van der Waals surface area contributed by atoms with Crippen LogP contribution in [0.5, 0.6) is 0 Å². The SMILES string of the molecule is CC(C)(C)N1CCNC(C(=O)N2CCN(C(=O)Nc3cccc(SC(F)(F)F)c3)CC2)C1. The van der Waals surface area contributed by atoms with Gasteiger partial charge in [-0.3, -0.25) is 9.69 Å². The van der Waals surface area contributed by atoms with Crippen LogP contribution in [-0.2, 0) is 4.79 Å². The van der Waals surface area contributed by atoms with Crippen LogP contribution in [0.2, 0.25) is 0 Å². The number of rotatable bonds is 3. The van der Waals surface area contributed by atoms with E-state index in [1.807, 2.05) is 0 Å². The molecule has 0 bridgehead atoms. The van der Waals surface area contributed by atoms with Crippen LogP contribution in [0.3, 0.4) is 0 Å². The molecule has 2 N–H and O–H groups in total. The second kappa shape index (κ2) is 9.88. The second-order valence-corrected chi connectivity index (χ2v) is 10.1. The summed E-state index contributed by atoms with van der Waals surface area (Å²) in [5.74, 6) is 0.0379. The minimum atomic E-state index is -4.39. The van der Waals surface area contributed by atoms with Crippen molar-refractivity contribution in [2.45, 2.75) is 42.8 Å². The fourth-order valence-electron chi connectivity index (χ4n) is 3.85. The van der Waals surface area contributed by atoms with Gasteiger partial charge < -0.3 is 20.4 Å². The van der Waals surface area contributed by atoms with Crippen molar-refractivity contribution >= 4 is 29.4 Å². The molecule has 11 heteroatoms. The van der Waals surface area contributed by atoms with Gasteiger partial charge in [-0.05, 0) is 50.7 Å². The molecule has 0 saturated carbocycles. The number of anilines is 1. The number of benzene rings is 1. The smallest absolute Gasteiger partial charge is 0.338 e. The fourth-order valence-corrected chi connectivity index (χ4v) is 4.45. The summed E-state index contributed by atoms with van der Waals surface area (Å²) in [7, 11) is 0. The number of piperazine rings is 2. The first-order valence-corrected chi connectivity index (χ1v) is 11.4. The monoisotopic (exact) mass is 473 g/mol. The normalized spacial score (nSPS) is 20.9. The van der Waals surface area contributed by atoms with E-state index in [1.54, 1.807) is 15.9 Å². The number of hydrogen-bond acceptors (Lipinski definition) is 5. The van der Waals surface area contributed by atoms with Gasteiger partial charge in [-0.2, -0.15) is 13.2 Å². The largest absolute Gasteiger partial charge is 0.446 e. The Kier molecular flexibility index (Phi) is 7.61. The Labute approximate surface area is 190 Å². The summed E-state index contributed by atoms with van der Waals surface area (Å²) in [5.41, 5.74) is -4.09. The Morgan fingerprint density at radius 3 is 2.34 bits per heavy atom. The van der Waals surface area contributed by atoms with Crippen LogP contribution in [0.15, 0.2) is 29.2 Å². The van der Waals surface area contributed by atoms with Crippen LogP contribution in [0.1, 0.15) is 20.8 Å². The van der Waals surface area contributed by atoms with Crippen molar-refractivity contribution in [1.29, 1.82) is 0 Å². The standard InChI is InChI=1S/C21H30F3N5O2S/c1-20(2,3)29-8-7-25-17(14-29)18(30)27-9-11-28(12-10-27)19(31)26-15-5-4-6-16(13-15)32-21(22,23)24/h4-6,13,17,25H,7-12,14H2,1-3H3,(H,26,31). The molecule has 3 amide bonds. The summed E-state index contributed by atoms with van der Waals surface area (Å²) in [6.07, 6.45) is 0. The molecule has 2 aliphatic rings. The van der Waals surface area contributed by atoms with Gasteiger partial charge >= 0.3 is 11.5 Å². The number of nitrogens with one attached hydrogen (secondary N) is 2. The van der Waals surface area contributed by atoms with Gasteiger partial charge in [-0.25, -0.2) is 4.79 Å². The Morgan fingerprint density at radius 1 is 1.06 bits per heavy atom. The lowest BCUT2D eigenvalue weighted by molar-refractivity contribution is -0.136. The number of alkyl halides is 3. The second-order valence-electron chi connectivity index (χ2n) is 8.94. The number of carbonyl (C=O) groups is 2. The van der Waals surface area contributed by atoms with Crippen LogP contribution >= 0.6 is 11.8 Å². The van der Waals surface area contributed by atoms with E-state index in [-0.39, 0.29) is 40.2 Å². The number of nitrogens with zero attached hydrogens (tertiary/aromatic N) is 3. The number of halogens is 3. The topological polar surface area (TPSA) is 67.9 Å². The summed E-state index contributed by atoms with van der Waals surface area (Å²) >= 11 is -0.222. The van der Waals surface area contributed by atoms with Crippen molar-refractivity contribution in [2.24, 2.45) is 0 Å². The van der Waals surface area contributed by atoms with Crippen molar-refractivity contribution in [3.8, 4) is 0 Å². The van der Waals surface area contributed by atoms with E-state index >= 15 is 0 Å². The Hall–Kier alpha value is -1.98. The zero-order chi connectivity index (χ0) is 23.5. The lowest BCUT2D eigenvalue weighted by atomic mass is 10.0. The van der Waals surface area contributed by atoms with E-state index in [1.165, 1.54) is 18.2 Å². The molecular weight excluding hydrogens is 443 g/mol. The van der Waals surface area contributed by atoms with Gasteiger partial charge in [0.15, 0.2) is 0 Å². The van der Waals surface area contributed by atoms with Gasteiger partial charge in [-0.1, -0.05) is 6.07 Å². The van der Waals surface area contributed by atoms with Crippen LogP contribution in [0.25, 0.3) is 0 Å². The Morgan fingerprint density at radius 2 is 1.72 bits per heavy atom. The molecule has 2 fully saturated rings. The van der Waals surface area contributed by atoms with Gasteiger partial charge in [-0.15, -0.1) is 0 Å². The molecule has 3 rings (SSSR count). The predicted octanol–water partition coefficient (Wildman–Crippen LogP) is 3.05. The maximum atomic E-state index is 13.0. The molecule has 0 aromatic heterocycles. The number of carbonyl (C=O) groups excluding carboxylic acids is 2. The van der Waals surface area contributed by atoms with Crippen molar-refractivity contribution < 1.29 is 22.8 Å². The third-order valence-corrected chi connectivity index (χ3v) is 6.34. The van der Waals surface area contributed by atoms with E-state index in [0.29, 0.717) is 38.4 Å². The predicted molar refractivity (Wildman–Crippen MR) is 119 cm³/mol. The van der Waals surface area contributed by atoms with Gasteiger partial charge in [0.2, 0.25) is 5.91 Å². The summed E-state index contributed by atoms with van der Waals surface area (Å²) < 4.78 is 37.7. The first-order chi connectivity index (χ1) is 14.9. The molecule has 178 valence electrons. The van der Waals surface area contributed by atoms with Crippen LogP contribution < -0.4 is 10.6 Å². The number of thioether (sulfide) groups is 1. The van der Waals surface area contributed by atoms with E-state index in [0.717, 1.165) is 13.1 Å². The number of hydrogen-bond donors (Lipinski definition) is 2. The Bertz CT molecular complexity index is 822. The van der Waals surface area contributed by atoms with Crippen LogP contribution in [-0.4, -0.2) is 89.5 Å². The zero-order valence-electron chi connectivity index (χ0n) is 18.5. The molecule has 1 aromatic carbocycles. The Balaban J connectivity index is 1.50. The number of amides is 3. The molecule has 2 aliphatic heterocycles. The number of urea groups is 1. The zero-order valence-corrected chi connectivity index (χ0v) is 19.4. The van der Waals surface area contributed by atoms with Crippen LogP contribution in [0.4, 0.5) is 23.7 Å². The molecule has 0 radical (unpaired) electrons. The minimum absolute atomic E-state index is 0.00662. The highest BCUT2D eigenvalue weighted by atomic mass is 32.2. The van der Waals surface area contributed by atoms with E-state index < -0.39 is 5.51 Å². The highest BCUT2D eigenvalue weighted by Gasteiger charge is 2.35. The summed E-state index contributed by atoms with van der Waals surface area (Å²) in [6, 6.07) is 5.01. The van der Waals surface area contributed by atoms with Gasteiger partial charge in [0.05, 0.1) is 6.04 Å². The van der Waals surface area contributed by atoms with E-state index in [9.17, 15) is 22.8 Å². The van der Waals surface area contributed by atoms with Crippen molar-refractivity contribution in [1.82, 2.24) is 20.0 Å². The van der Waals surface area contributed by atoms with Crippen LogP contribution in [0, 0.1) is 0 Å². The van der Waals surface area contributed by atoms with E-state index in [2.05, 4.69) is 36.3 Å². The molecular formula is C21H30F3N5O2S. The molecule has 2 saturated heterocycles. The maximum Gasteiger partial charge on any atom is 0.446 e. The third-order valence-electron chi connectivity index (χ3n) is 5.62. The molecule has 0 spiro atoms. The summed E-state index contributed by atoms with van der Waals surface area (Å²) in [4.78, 5) is 31.2. The third kappa shape index (κ3) is 6.76. The molecule has 1 aromatic rings. The average Bonchev–Trinajstić information content (AvgIpc) is 2.72. The van der Waals surface area contributed by atoms with E-state index in [4.69, 9.17) is 0 Å². The van der Waals surface area contributed by atoms with Gasteiger partial charge in [0, 0.05) is 61.9 Å².